The molecule has 0 atom stereocenters. The molecular formula is C26H32N4O4S. The summed E-state index contributed by atoms with van der Waals surface area (Å²) in [5, 5.41) is 13.8. The first kappa shape index (κ1) is 26.0. The number of hydrogen-bond acceptors (Lipinski definition) is 7. The second-order valence-electron chi connectivity index (χ2n) is 8.67. The van der Waals surface area contributed by atoms with Gasteiger partial charge in [0, 0.05) is 23.9 Å². The Morgan fingerprint density at radius 1 is 0.971 bits per heavy atom. The van der Waals surface area contributed by atoms with Gasteiger partial charge in [-0.25, -0.2) is 9.97 Å². The van der Waals surface area contributed by atoms with Crippen molar-refractivity contribution in [1.29, 1.82) is 0 Å². The SMILES string of the molecule is COc1cc(O)c(-c2nc(NC(N)=S)ncc2-c2cc(C(C)C)c(OC)c(C(C)C)c2)c(OC)c1. The summed E-state index contributed by atoms with van der Waals surface area (Å²) in [7, 11) is 4.73. The summed E-state index contributed by atoms with van der Waals surface area (Å²) in [6.07, 6.45) is 1.68. The number of anilines is 1. The molecule has 8 nitrogen and oxygen atoms in total. The summed E-state index contributed by atoms with van der Waals surface area (Å²) in [6.45, 7) is 8.49. The molecule has 0 bridgehead atoms. The number of nitrogens with two attached hydrogens (primary N) is 1. The van der Waals surface area contributed by atoms with Crippen LogP contribution >= 0.6 is 12.2 Å². The van der Waals surface area contributed by atoms with Crippen molar-refractivity contribution in [3.8, 4) is 45.4 Å². The maximum Gasteiger partial charge on any atom is 0.229 e. The van der Waals surface area contributed by atoms with Crippen molar-refractivity contribution in [2.75, 3.05) is 26.6 Å². The minimum Gasteiger partial charge on any atom is -0.507 e. The van der Waals surface area contributed by atoms with Gasteiger partial charge in [-0.2, -0.15) is 0 Å². The first-order chi connectivity index (χ1) is 16.6. The summed E-state index contributed by atoms with van der Waals surface area (Å²) in [5.41, 5.74) is 10.2. The van der Waals surface area contributed by atoms with Crippen LogP contribution in [-0.2, 0) is 0 Å². The van der Waals surface area contributed by atoms with Crippen LogP contribution in [0, 0.1) is 0 Å². The van der Waals surface area contributed by atoms with Gasteiger partial charge in [0.2, 0.25) is 5.95 Å². The summed E-state index contributed by atoms with van der Waals surface area (Å²) in [5.74, 6) is 2.30. The molecular weight excluding hydrogens is 464 g/mol. The van der Waals surface area contributed by atoms with Crippen molar-refractivity contribution in [1.82, 2.24) is 9.97 Å². The molecule has 0 aliphatic heterocycles. The van der Waals surface area contributed by atoms with Gasteiger partial charge in [-0.05, 0) is 52.9 Å². The van der Waals surface area contributed by atoms with E-state index in [1.165, 1.54) is 20.3 Å². The molecule has 2 aromatic carbocycles. The first-order valence-corrected chi connectivity index (χ1v) is 11.6. The van der Waals surface area contributed by atoms with Crippen molar-refractivity contribution in [2.45, 2.75) is 39.5 Å². The molecule has 35 heavy (non-hydrogen) atoms. The highest BCUT2D eigenvalue weighted by molar-refractivity contribution is 7.80. The minimum atomic E-state index is -0.0518. The van der Waals surface area contributed by atoms with Crippen LogP contribution in [0.2, 0.25) is 0 Å². The van der Waals surface area contributed by atoms with Crippen LogP contribution in [0.1, 0.15) is 50.7 Å². The molecule has 0 unspecified atom stereocenters. The Morgan fingerprint density at radius 2 is 1.60 bits per heavy atom. The maximum atomic E-state index is 11.0. The van der Waals surface area contributed by atoms with Crippen LogP contribution in [-0.4, -0.2) is 41.5 Å². The molecule has 0 aliphatic carbocycles. The summed E-state index contributed by atoms with van der Waals surface area (Å²) < 4.78 is 16.7. The Morgan fingerprint density at radius 3 is 2.09 bits per heavy atom. The highest BCUT2D eigenvalue weighted by atomic mass is 32.1. The Balaban J connectivity index is 2.40. The number of nitrogens with zero attached hydrogens (tertiary/aromatic N) is 2. The fraction of sp³-hybridized carbons (Fsp3) is 0.346. The van der Waals surface area contributed by atoms with Gasteiger partial charge in [-0.1, -0.05) is 27.7 Å². The molecule has 4 N–H and O–H groups in total. The fourth-order valence-corrected chi connectivity index (χ4v) is 4.06. The number of nitrogens with one attached hydrogen (secondary N) is 1. The monoisotopic (exact) mass is 496 g/mol. The lowest BCUT2D eigenvalue weighted by molar-refractivity contribution is 0.386. The predicted octanol–water partition coefficient (Wildman–Crippen LogP) is 5.44. The molecule has 0 aliphatic rings. The van der Waals surface area contributed by atoms with Gasteiger partial charge in [0.15, 0.2) is 5.11 Å². The normalized spacial score (nSPS) is 11.0. The molecule has 0 amide bonds. The lowest BCUT2D eigenvalue weighted by atomic mass is 9.88. The second-order valence-corrected chi connectivity index (χ2v) is 9.11. The van der Waals surface area contributed by atoms with E-state index in [1.807, 2.05) is 0 Å². The van der Waals surface area contributed by atoms with Crippen LogP contribution in [0.5, 0.6) is 23.0 Å². The zero-order valence-corrected chi connectivity index (χ0v) is 21.9. The van der Waals surface area contributed by atoms with E-state index in [-0.39, 0.29) is 28.6 Å². The lowest BCUT2D eigenvalue weighted by Crippen LogP contribution is -2.20. The van der Waals surface area contributed by atoms with Crippen LogP contribution in [0.4, 0.5) is 5.95 Å². The third-order valence-corrected chi connectivity index (χ3v) is 5.78. The van der Waals surface area contributed by atoms with Crippen molar-refractivity contribution in [3.63, 3.8) is 0 Å². The van der Waals surface area contributed by atoms with Crippen molar-refractivity contribution in [3.05, 3.63) is 41.6 Å². The van der Waals surface area contributed by atoms with Crippen LogP contribution in [0.25, 0.3) is 22.4 Å². The number of methoxy groups -OCH3 is 3. The van der Waals surface area contributed by atoms with Crippen molar-refractivity contribution < 1.29 is 19.3 Å². The van der Waals surface area contributed by atoms with E-state index in [2.05, 4.69) is 55.1 Å². The van der Waals surface area contributed by atoms with Crippen LogP contribution in [0.15, 0.2) is 30.5 Å². The predicted molar refractivity (Wildman–Crippen MR) is 143 cm³/mol. The molecule has 0 radical (unpaired) electrons. The Bertz CT molecular complexity index is 1220. The molecule has 0 saturated carbocycles. The second kappa shape index (κ2) is 10.8. The maximum absolute atomic E-state index is 11.0. The minimum absolute atomic E-state index is 0.0308. The van der Waals surface area contributed by atoms with Gasteiger partial charge in [0.1, 0.15) is 23.0 Å². The van der Waals surface area contributed by atoms with Crippen molar-refractivity contribution in [2.24, 2.45) is 5.73 Å². The van der Waals surface area contributed by atoms with Gasteiger partial charge < -0.3 is 30.4 Å². The number of thiocarbonyl (C=S) groups is 1. The average Bonchev–Trinajstić information content (AvgIpc) is 2.81. The number of phenolic OH excluding ortho intramolecular Hbond substituents is 1. The van der Waals surface area contributed by atoms with Gasteiger partial charge >= 0.3 is 0 Å². The molecule has 1 heterocycles. The Hall–Kier alpha value is -3.59. The first-order valence-electron chi connectivity index (χ1n) is 11.2. The smallest absolute Gasteiger partial charge is 0.229 e. The molecule has 1 aromatic heterocycles. The Labute approximate surface area is 211 Å². The fourth-order valence-electron chi connectivity index (χ4n) is 3.97. The van der Waals surface area contributed by atoms with Crippen LogP contribution in [0.3, 0.4) is 0 Å². The molecule has 9 heteroatoms. The van der Waals surface area contributed by atoms with E-state index < -0.39 is 0 Å². The zero-order chi connectivity index (χ0) is 25.9. The van der Waals surface area contributed by atoms with Crippen molar-refractivity contribution >= 4 is 23.3 Å². The largest absolute Gasteiger partial charge is 0.507 e. The summed E-state index contributed by atoms with van der Waals surface area (Å²) in [6, 6.07) is 7.35. The van der Waals surface area contributed by atoms with E-state index in [9.17, 15) is 5.11 Å². The number of ether oxygens (including phenoxy) is 3. The topological polar surface area (TPSA) is 112 Å². The highest BCUT2D eigenvalue weighted by Crippen LogP contribution is 2.46. The van der Waals surface area contributed by atoms with Gasteiger partial charge in [-0.15, -0.1) is 0 Å². The molecule has 0 saturated heterocycles. The molecule has 186 valence electrons. The van der Waals surface area contributed by atoms with E-state index in [0.717, 1.165) is 22.4 Å². The average molecular weight is 497 g/mol. The zero-order valence-electron chi connectivity index (χ0n) is 21.1. The number of benzene rings is 2. The Kier molecular flexibility index (Phi) is 8.01. The van der Waals surface area contributed by atoms with E-state index in [0.29, 0.717) is 28.3 Å². The quantitative estimate of drug-likeness (QED) is 0.351. The van der Waals surface area contributed by atoms with E-state index in [1.54, 1.807) is 19.4 Å². The summed E-state index contributed by atoms with van der Waals surface area (Å²) in [4.78, 5) is 9.10. The number of aromatic hydroxyl groups is 1. The van der Waals surface area contributed by atoms with E-state index in [4.69, 9.17) is 32.2 Å². The molecule has 3 rings (SSSR count). The molecule has 0 fully saturated rings. The highest BCUT2D eigenvalue weighted by Gasteiger charge is 2.24. The summed E-state index contributed by atoms with van der Waals surface area (Å²) >= 11 is 4.97. The van der Waals surface area contributed by atoms with E-state index >= 15 is 0 Å². The number of hydrogen-bond donors (Lipinski definition) is 3. The third kappa shape index (κ3) is 5.40. The third-order valence-electron chi connectivity index (χ3n) is 5.68. The lowest BCUT2D eigenvalue weighted by Gasteiger charge is -2.22. The molecule has 3 aromatic rings. The molecule has 0 spiro atoms. The number of aromatic nitrogens is 2. The van der Waals surface area contributed by atoms with Gasteiger partial charge in [0.05, 0.1) is 32.6 Å². The standard InChI is InChI=1S/C26H32N4O4S/c1-13(2)17-8-15(9-18(14(3)4)24(17)34-7)19-12-28-26(30-25(27)35)29-23(19)22-20(31)10-16(32-5)11-21(22)33-6/h8-14,31H,1-7H3,(H3,27,28,29,30,35). The number of rotatable bonds is 8. The number of phenols is 1. The van der Waals surface area contributed by atoms with Gasteiger partial charge in [-0.3, -0.25) is 0 Å². The van der Waals surface area contributed by atoms with Gasteiger partial charge in [0.25, 0.3) is 0 Å². The van der Waals surface area contributed by atoms with Crippen LogP contribution < -0.4 is 25.3 Å².